The molecule has 10 nitrogen and oxygen atoms in total. The summed E-state index contributed by atoms with van der Waals surface area (Å²) in [5.74, 6) is 0.363. The maximum atomic E-state index is 8.88. The molecule has 6 N–H and O–H groups in total. The average Bonchev–Trinajstić information content (AvgIpc) is 2.61. The fraction of sp³-hybridized carbons (Fsp3) is 0.286. The van der Waals surface area contributed by atoms with Crippen LogP contribution in [0, 0.1) is 0 Å². The average molecular weight is 277 g/mol. The van der Waals surface area contributed by atoms with Gasteiger partial charge in [0.2, 0.25) is 0 Å². The number of phosphoric acid groups is 1. The van der Waals surface area contributed by atoms with Crippen molar-refractivity contribution in [3.05, 3.63) is 12.7 Å². The summed E-state index contributed by atoms with van der Waals surface area (Å²) in [4.78, 5) is 33.4. The van der Waals surface area contributed by atoms with Gasteiger partial charge in [-0.25, -0.2) is 19.5 Å². The number of nitrogens with zero attached hydrogens (tertiary/aromatic N) is 4. The summed E-state index contributed by atoms with van der Waals surface area (Å²) < 4.78 is 10.6. The number of rotatable bonds is 2. The minimum atomic E-state index is -4.64. The van der Waals surface area contributed by atoms with E-state index < -0.39 is 7.82 Å². The second-order valence-corrected chi connectivity index (χ2v) is 4.13. The lowest BCUT2D eigenvalue weighted by atomic mass is 10.5. The molecule has 0 saturated carbocycles. The Labute approximate surface area is 101 Å². The molecule has 0 aliphatic carbocycles. The molecule has 0 aliphatic heterocycles. The van der Waals surface area contributed by atoms with Crippen LogP contribution in [0.3, 0.4) is 0 Å². The first kappa shape index (κ1) is 14.5. The quantitative estimate of drug-likeness (QED) is 0.409. The van der Waals surface area contributed by atoms with E-state index in [0.717, 1.165) is 0 Å². The van der Waals surface area contributed by atoms with E-state index in [0.29, 0.717) is 23.5 Å². The lowest BCUT2D eigenvalue weighted by Crippen LogP contribution is -2.02. The first-order chi connectivity index (χ1) is 8.33. The first-order valence-electron chi connectivity index (χ1n) is 4.63. The predicted octanol–water partition coefficient (Wildman–Crippen LogP) is -1.53. The highest BCUT2D eigenvalue weighted by molar-refractivity contribution is 7.45. The van der Waals surface area contributed by atoms with Crippen LogP contribution in [0.2, 0.25) is 0 Å². The molecule has 100 valence electrons. The number of aromatic nitrogens is 4. The monoisotopic (exact) mass is 277 g/mol. The van der Waals surface area contributed by atoms with Crippen molar-refractivity contribution < 1.29 is 24.4 Å². The van der Waals surface area contributed by atoms with E-state index in [1.165, 1.54) is 6.33 Å². The van der Waals surface area contributed by atoms with Crippen molar-refractivity contribution in [2.24, 2.45) is 0 Å². The normalized spacial score (nSPS) is 11.1. The van der Waals surface area contributed by atoms with Gasteiger partial charge in [-0.2, -0.15) is 0 Å². The van der Waals surface area contributed by atoms with Crippen molar-refractivity contribution in [1.82, 2.24) is 19.5 Å². The number of aliphatic hydroxyl groups excluding tert-OH is 1. The maximum Gasteiger partial charge on any atom is 0.466 e. The molecule has 0 aromatic carbocycles. The predicted molar refractivity (Wildman–Crippen MR) is 61.1 cm³/mol. The summed E-state index contributed by atoms with van der Waals surface area (Å²) in [6.45, 7) is 0.516. The molecule has 11 heteroatoms. The number of imidazole rings is 1. The number of nitrogen functional groups attached to an aromatic ring is 1. The van der Waals surface area contributed by atoms with Crippen LogP contribution in [-0.4, -0.2) is 45.9 Å². The Morgan fingerprint density at radius 1 is 1.28 bits per heavy atom. The van der Waals surface area contributed by atoms with Gasteiger partial charge in [-0.3, -0.25) is 0 Å². The molecule has 0 atom stereocenters. The number of fused-ring (bicyclic) bond motifs is 1. The number of aliphatic hydroxyl groups is 1. The third-order valence-electron chi connectivity index (χ3n) is 1.77. The number of hydrogen-bond donors (Lipinski definition) is 5. The van der Waals surface area contributed by atoms with Gasteiger partial charge in [-0.1, -0.05) is 0 Å². The second kappa shape index (κ2) is 5.85. The van der Waals surface area contributed by atoms with Crippen molar-refractivity contribution >= 4 is 24.8 Å². The van der Waals surface area contributed by atoms with Crippen LogP contribution in [0.15, 0.2) is 12.7 Å². The molecule has 2 aromatic heterocycles. The zero-order valence-electron chi connectivity index (χ0n) is 9.08. The van der Waals surface area contributed by atoms with Gasteiger partial charge in [0.05, 0.1) is 12.9 Å². The van der Waals surface area contributed by atoms with Crippen molar-refractivity contribution in [3.8, 4) is 0 Å². The summed E-state index contributed by atoms with van der Waals surface area (Å²) in [6, 6.07) is 0. The molecule has 0 spiro atoms. The van der Waals surface area contributed by atoms with E-state index in [9.17, 15) is 0 Å². The first-order valence-corrected chi connectivity index (χ1v) is 6.20. The van der Waals surface area contributed by atoms with Gasteiger partial charge in [0, 0.05) is 6.54 Å². The van der Waals surface area contributed by atoms with Gasteiger partial charge >= 0.3 is 7.82 Å². The van der Waals surface area contributed by atoms with Crippen molar-refractivity contribution in [2.75, 3.05) is 12.3 Å². The van der Waals surface area contributed by atoms with E-state index in [1.54, 1.807) is 10.9 Å². The van der Waals surface area contributed by atoms with Crippen LogP contribution in [0.25, 0.3) is 11.2 Å². The Morgan fingerprint density at radius 3 is 2.44 bits per heavy atom. The SMILES string of the molecule is Nc1ncnc2c1ncn2CCO.O=P(O)(O)O. The van der Waals surface area contributed by atoms with E-state index >= 15 is 0 Å². The van der Waals surface area contributed by atoms with Crippen LogP contribution in [0.4, 0.5) is 5.82 Å². The van der Waals surface area contributed by atoms with Gasteiger partial charge in [0.25, 0.3) is 0 Å². The molecule has 0 fully saturated rings. The molecule has 0 amide bonds. The van der Waals surface area contributed by atoms with E-state index in [1.807, 2.05) is 0 Å². The fourth-order valence-corrected chi connectivity index (χ4v) is 1.17. The van der Waals surface area contributed by atoms with E-state index in [2.05, 4.69) is 15.0 Å². The Bertz CT molecular complexity index is 558. The van der Waals surface area contributed by atoms with Crippen LogP contribution in [0.1, 0.15) is 0 Å². The number of hydrogen-bond acceptors (Lipinski definition) is 6. The van der Waals surface area contributed by atoms with Crippen LogP contribution in [0.5, 0.6) is 0 Å². The summed E-state index contributed by atoms with van der Waals surface area (Å²) in [7, 11) is -4.64. The third-order valence-corrected chi connectivity index (χ3v) is 1.77. The summed E-state index contributed by atoms with van der Waals surface area (Å²) in [6.07, 6.45) is 2.97. The maximum absolute atomic E-state index is 8.88. The van der Waals surface area contributed by atoms with E-state index in [4.69, 9.17) is 30.1 Å². The molecule has 2 rings (SSSR count). The van der Waals surface area contributed by atoms with Crippen molar-refractivity contribution in [1.29, 1.82) is 0 Å². The topological polar surface area (TPSA) is 168 Å². The highest BCUT2D eigenvalue weighted by Gasteiger charge is 2.06. The molecular formula is C7H12N5O5P. The van der Waals surface area contributed by atoms with Crippen molar-refractivity contribution in [3.63, 3.8) is 0 Å². The van der Waals surface area contributed by atoms with Gasteiger partial charge < -0.3 is 30.1 Å². The zero-order valence-corrected chi connectivity index (χ0v) is 9.97. The highest BCUT2D eigenvalue weighted by atomic mass is 31.2. The Balaban J connectivity index is 0.000000280. The number of anilines is 1. The van der Waals surface area contributed by atoms with Crippen molar-refractivity contribution in [2.45, 2.75) is 6.54 Å². The van der Waals surface area contributed by atoms with Crippen LogP contribution >= 0.6 is 7.82 Å². The van der Waals surface area contributed by atoms with Crippen LogP contribution in [-0.2, 0) is 11.1 Å². The van der Waals surface area contributed by atoms with Gasteiger partial charge in [-0.15, -0.1) is 0 Å². The molecule has 0 aliphatic rings. The van der Waals surface area contributed by atoms with Gasteiger partial charge in [-0.05, 0) is 0 Å². The molecule has 18 heavy (non-hydrogen) atoms. The molecule has 0 unspecified atom stereocenters. The Morgan fingerprint density at radius 2 is 1.89 bits per heavy atom. The molecule has 0 radical (unpaired) electrons. The van der Waals surface area contributed by atoms with Crippen LogP contribution < -0.4 is 5.73 Å². The minimum absolute atomic E-state index is 0.0510. The second-order valence-electron chi connectivity index (χ2n) is 3.11. The smallest absolute Gasteiger partial charge is 0.395 e. The fourth-order valence-electron chi connectivity index (χ4n) is 1.17. The Hall–Kier alpha value is -1.58. The molecule has 2 aromatic rings. The molecule has 0 saturated heterocycles. The molecular weight excluding hydrogens is 265 g/mol. The largest absolute Gasteiger partial charge is 0.466 e. The standard InChI is InChI=1S/C7H9N5O.H3O4P/c8-6-5-7(10-3-9-6)12(1-2-13)4-11-5;1-5(2,3)4/h3-4,13H,1-2H2,(H2,8,9,10);(H3,1,2,3,4). The van der Waals surface area contributed by atoms with E-state index in [-0.39, 0.29) is 6.61 Å². The molecule has 0 bridgehead atoms. The minimum Gasteiger partial charge on any atom is -0.395 e. The molecule has 2 heterocycles. The lowest BCUT2D eigenvalue weighted by molar-refractivity contribution is 0.275. The summed E-state index contributed by atoms with van der Waals surface area (Å²) in [5, 5.41) is 8.74. The van der Waals surface area contributed by atoms with Gasteiger partial charge in [0.1, 0.15) is 11.8 Å². The summed E-state index contributed by atoms with van der Waals surface area (Å²) in [5.41, 5.74) is 6.81. The third kappa shape index (κ3) is 4.35. The summed E-state index contributed by atoms with van der Waals surface area (Å²) >= 11 is 0. The highest BCUT2D eigenvalue weighted by Crippen LogP contribution is 2.25. The number of nitrogens with two attached hydrogens (primary N) is 1. The lowest BCUT2D eigenvalue weighted by Gasteiger charge is -1.98. The zero-order chi connectivity index (χ0) is 13.8. The van der Waals surface area contributed by atoms with Gasteiger partial charge in [0.15, 0.2) is 11.5 Å². The Kier molecular flexibility index (Phi) is 4.70.